The largest absolute Gasteiger partial charge is 0.179 e. The normalized spacial score (nSPS) is 26.2. The molecule has 0 radical (unpaired) electrons. The van der Waals surface area contributed by atoms with Gasteiger partial charge >= 0.3 is 0 Å². The van der Waals surface area contributed by atoms with Gasteiger partial charge in [-0.1, -0.05) is 51.9 Å². The number of thiol groups is 1. The van der Waals surface area contributed by atoms with Crippen LogP contribution in [0.1, 0.15) is 96.8 Å². The third-order valence-corrected chi connectivity index (χ3v) is 6.60. The van der Waals surface area contributed by atoms with Gasteiger partial charge in [0.1, 0.15) is 0 Å². The Bertz CT molecular complexity index is 241. The Kier molecular flexibility index (Phi) is 6.11. The second-order valence-electron chi connectivity index (χ2n) is 7.26. The highest BCUT2D eigenvalue weighted by atomic mass is 32.1. The molecule has 0 heterocycles. The van der Waals surface area contributed by atoms with Crippen molar-refractivity contribution in [3.8, 4) is 0 Å². The topological polar surface area (TPSA) is 0 Å². The lowest BCUT2D eigenvalue weighted by Crippen LogP contribution is -2.45. The first-order valence-electron chi connectivity index (χ1n) is 8.89. The Morgan fingerprint density at radius 3 is 1.63 bits per heavy atom. The van der Waals surface area contributed by atoms with Crippen molar-refractivity contribution >= 4 is 12.6 Å². The van der Waals surface area contributed by atoms with Crippen molar-refractivity contribution < 1.29 is 0 Å². The van der Waals surface area contributed by atoms with Gasteiger partial charge < -0.3 is 0 Å². The van der Waals surface area contributed by atoms with Crippen molar-refractivity contribution in [3.63, 3.8) is 0 Å². The van der Waals surface area contributed by atoms with E-state index in [4.69, 9.17) is 0 Å². The Morgan fingerprint density at radius 1 is 0.737 bits per heavy atom. The third-order valence-electron chi connectivity index (χ3n) is 6.29. The highest BCUT2D eigenvalue weighted by Gasteiger charge is 2.49. The van der Waals surface area contributed by atoms with Crippen LogP contribution in [0.4, 0.5) is 0 Å². The summed E-state index contributed by atoms with van der Waals surface area (Å²) >= 11 is 4.50. The average molecular weight is 283 g/mol. The summed E-state index contributed by atoms with van der Waals surface area (Å²) in [5, 5.41) is 0. The Hall–Kier alpha value is 0.350. The lowest BCUT2D eigenvalue weighted by molar-refractivity contribution is -0.0490. The summed E-state index contributed by atoms with van der Waals surface area (Å²) in [5.41, 5.74) is 1.41. The van der Waals surface area contributed by atoms with Gasteiger partial charge in [-0.05, 0) is 61.5 Å². The second-order valence-corrected chi connectivity index (χ2v) is 7.71. The standard InChI is InChI=1S/C18H34S/c1-2-10-17(11-5-3-6-12-17)18(15-9-16-19)13-7-4-8-14-18/h19H,2-16H2,1H3. The zero-order chi connectivity index (χ0) is 13.6. The van der Waals surface area contributed by atoms with Gasteiger partial charge in [0, 0.05) is 0 Å². The van der Waals surface area contributed by atoms with Crippen LogP contribution in [0.2, 0.25) is 0 Å². The molecule has 0 aliphatic heterocycles. The van der Waals surface area contributed by atoms with Crippen LogP contribution < -0.4 is 0 Å². The molecule has 0 aromatic heterocycles. The third kappa shape index (κ3) is 3.34. The minimum Gasteiger partial charge on any atom is -0.179 e. The maximum Gasteiger partial charge on any atom is -0.00977 e. The van der Waals surface area contributed by atoms with Gasteiger partial charge in [0.05, 0.1) is 0 Å². The van der Waals surface area contributed by atoms with Crippen molar-refractivity contribution in [2.45, 2.75) is 96.8 Å². The monoisotopic (exact) mass is 282 g/mol. The Labute approximate surface area is 126 Å². The Morgan fingerprint density at radius 2 is 1.21 bits per heavy atom. The maximum atomic E-state index is 4.50. The minimum atomic E-state index is 0.699. The lowest BCUT2D eigenvalue weighted by Gasteiger charge is -2.56. The van der Waals surface area contributed by atoms with Crippen LogP contribution in [-0.4, -0.2) is 5.75 Å². The molecule has 2 rings (SSSR count). The van der Waals surface area contributed by atoms with Crippen LogP contribution >= 0.6 is 12.6 Å². The van der Waals surface area contributed by atoms with Crippen LogP contribution in [0.3, 0.4) is 0 Å². The molecule has 0 amide bonds. The zero-order valence-corrected chi connectivity index (χ0v) is 13.9. The van der Waals surface area contributed by atoms with Crippen molar-refractivity contribution in [1.82, 2.24) is 0 Å². The molecular formula is C18H34S. The predicted octanol–water partition coefficient (Wildman–Crippen LogP) is 6.40. The molecule has 1 heteroatoms. The summed E-state index contributed by atoms with van der Waals surface area (Å²) in [6.07, 6.45) is 20.8. The van der Waals surface area contributed by atoms with E-state index >= 15 is 0 Å². The molecule has 2 aliphatic carbocycles. The van der Waals surface area contributed by atoms with Crippen molar-refractivity contribution in [1.29, 1.82) is 0 Å². The minimum absolute atomic E-state index is 0.699. The summed E-state index contributed by atoms with van der Waals surface area (Å²) in [6, 6.07) is 0. The molecule has 0 N–H and O–H groups in total. The molecule has 19 heavy (non-hydrogen) atoms. The van der Waals surface area contributed by atoms with Gasteiger partial charge in [0.15, 0.2) is 0 Å². The van der Waals surface area contributed by atoms with E-state index in [-0.39, 0.29) is 0 Å². The van der Waals surface area contributed by atoms with E-state index in [2.05, 4.69) is 19.6 Å². The molecule has 0 spiro atoms. The fraction of sp³-hybridized carbons (Fsp3) is 1.00. The number of rotatable bonds is 6. The van der Waals surface area contributed by atoms with Crippen molar-refractivity contribution in [3.05, 3.63) is 0 Å². The second kappa shape index (κ2) is 7.38. The van der Waals surface area contributed by atoms with E-state index in [9.17, 15) is 0 Å². The van der Waals surface area contributed by atoms with Crippen molar-refractivity contribution in [2.24, 2.45) is 10.8 Å². The molecule has 0 aromatic rings. The van der Waals surface area contributed by atoms with E-state index in [0.29, 0.717) is 10.8 Å². The van der Waals surface area contributed by atoms with E-state index in [0.717, 1.165) is 5.75 Å². The molecule has 0 unspecified atom stereocenters. The highest BCUT2D eigenvalue weighted by molar-refractivity contribution is 7.80. The van der Waals surface area contributed by atoms with Gasteiger partial charge in [0.2, 0.25) is 0 Å². The zero-order valence-electron chi connectivity index (χ0n) is 13.1. The summed E-state index contributed by atoms with van der Waals surface area (Å²) in [4.78, 5) is 0. The predicted molar refractivity (Wildman–Crippen MR) is 89.0 cm³/mol. The van der Waals surface area contributed by atoms with Crippen LogP contribution in [0.5, 0.6) is 0 Å². The van der Waals surface area contributed by atoms with Gasteiger partial charge in [-0.25, -0.2) is 0 Å². The molecule has 0 saturated heterocycles. The van der Waals surface area contributed by atoms with E-state index in [1.807, 2.05) is 0 Å². The molecular weight excluding hydrogens is 248 g/mol. The smallest absolute Gasteiger partial charge is 0.00977 e. The fourth-order valence-corrected chi connectivity index (χ4v) is 5.60. The number of hydrogen-bond donors (Lipinski definition) is 1. The molecule has 0 aromatic carbocycles. The van der Waals surface area contributed by atoms with Gasteiger partial charge in [-0.3, -0.25) is 0 Å². The quantitative estimate of drug-likeness (QED) is 0.536. The molecule has 0 nitrogen and oxygen atoms in total. The van der Waals surface area contributed by atoms with Gasteiger partial charge in [-0.2, -0.15) is 12.6 Å². The van der Waals surface area contributed by atoms with Gasteiger partial charge in [-0.15, -0.1) is 0 Å². The molecule has 2 aliphatic rings. The first-order chi connectivity index (χ1) is 9.29. The summed E-state index contributed by atoms with van der Waals surface area (Å²) in [7, 11) is 0. The molecule has 0 bridgehead atoms. The van der Waals surface area contributed by atoms with Crippen molar-refractivity contribution in [2.75, 3.05) is 5.75 Å². The molecule has 0 atom stereocenters. The van der Waals surface area contributed by atoms with Crippen LogP contribution in [0, 0.1) is 10.8 Å². The first kappa shape index (κ1) is 15.7. The van der Waals surface area contributed by atoms with E-state index in [1.54, 1.807) is 0 Å². The van der Waals surface area contributed by atoms with Crippen LogP contribution in [0.25, 0.3) is 0 Å². The maximum absolute atomic E-state index is 4.50. The SMILES string of the molecule is CCCC1(C2(CCCS)CCCCC2)CCCCC1. The van der Waals surface area contributed by atoms with E-state index < -0.39 is 0 Å². The fourth-order valence-electron chi connectivity index (χ4n) is 5.44. The Balaban J connectivity index is 2.20. The average Bonchev–Trinajstić information content (AvgIpc) is 2.47. The van der Waals surface area contributed by atoms with Crippen LogP contribution in [-0.2, 0) is 0 Å². The summed E-state index contributed by atoms with van der Waals surface area (Å²) in [5.74, 6) is 1.09. The first-order valence-corrected chi connectivity index (χ1v) is 9.53. The summed E-state index contributed by atoms with van der Waals surface area (Å²) < 4.78 is 0. The molecule has 2 fully saturated rings. The van der Waals surface area contributed by atoms with E-state index in [1.165, 1.54) is 89.9 Å². The highest BCUT2D eigenvalue weighted by Crippen LogP contribution is 2.61. The van der Waals surface area contributed by atoms with Crippen LogP contribution in [0.15, 0.2) is 0 Å². The summed E-state index contributed by atoms with van der Waals surface area (Å²) in [6.45, 7) is 2.41. The lowest BCUT2D eigenvalue weighted by atomic mass is 9.49. The molecule has 112 valence electrons. The number of hydrogen-bond acceptors (Lipinski definition) is 1. The van der Waals surface area contributed by atoms with Gasteiger partial charge in [0.25, 0.3) is 0 Å². The molecule has 2 saturated carbocycles.